The first-order valence-electron chi connectivity index (χ1n) is 9.87. The number of aliphatic hydroxyl groups is 2. The summed E-state index contributed by atoms with van der Waals surface area (Å²) < 4.78 is 0. The summed E-state index contributed by atoms with van der Waals surface area (Å²) in [5.74, 6) is 1.21. The van der Waals surface area contributed by atoms with E-state index in [0.717, 1.165) is 32.1 Å². The van der Waals surface area contributed by atoms with E-state index >= 15 is 0 Å². The zero-order valence-electron chi connectivity index (χ0n) is 14.6. The molecule has 2 aliphatic carbocycles. The Balaban J connectivity index is 1.56. The van der Waals surface area contributed by atoms with Crippen LogP contribution < -0.4 is 0 Å². The van der Waals surface area contributed by atoms with Crippen molar-refractivity contribution >= 4 is 0 Å². The Hall–Kier alpha value is -0.840. The first-order valence-corrected chi connectivity index (χ1v) is 9.87. The molecule has 7 rings (SSSR count). The minimum atomic E-state index is -0.301. The van der Waals surface area contributed by atoms with Crippen molar-refractivity contribution in [3.8, 4) is 0 Å². The SMILES string of the molecule is CCC1C2C[C@H]3[C@@H]4N(C)C5=C(CCC=C5)[C@]45C[C@@H](C2[C@@H]5O)N3C1O. The van der Waals surface area contributed by atoms with E-state index in [0.29, 0.717) is 35.9 Å². The van der Waals surface area contributed by atoms with Crippen LogP contribution in [0.4, 0.5) is 0 Å². The first-order chi connectivity index (χ1) is 11.6. The van der Waals surface area contributed by atoms with Crippen LogP contribution in [0.15, 0.2) is 23.4 Å². The van der Waals surface area contributed by atoms with Crippen LogP contribution >= 0.6 is 0 Å². The number of nitrogens with zero attached hydrogens (tertiary/aromatic N) is 2. The van der Waals surface area contributed by atoms with Crippen molar-refractivity contribution in [3.63, 3.8) is 0 Å². The lowest BCUT2D eigenvalue weighted by Crippen LogP contribution is -2.72. The molecule has 130 valence electrons. The fourth-order valence-electron chi connectivity index (χ4n) is 8.21. The van der Waals surface area contributed by atoms with E-state index in [1.54, 1.807) is 0 Å². The van der Waals surface area contributed by atoms with Crippen LogP contribution in [0.5, 0.6) is 0 Å². The minimum Gasteiger partial charge on any atom is -0.392 e. The summed E-state index contributed by atoms with van der Waals surface area (Å²) >= 11 is 0. The lowest BCUT2D eigenvalue weighted by Gasteiger charge is -2.62. The Morgan fingerprint density at radius 2 is 2.12 bits per heavy atom. The monoisotopic (exact) mass is 328 g/mol. The van der Waals surface area contributed by atoms with Gasteiger partial charge in [-0.25, -0.2) is 0 Å². The number of rotatable bonds is 1. The summed E-state index contributed by atoms with van der Waals surface area (Å²) in [5, 5.41) is 22.7. The van der Waals surface area contributed by atoms with Gasteiger partial charge in [-0.15, -0.1) is 0 Å². The Bertz CT molecular complexity index is 673. The normalized spacial score (nSPS) is 59.3. The molecule has 2 N–H and O–H groups in total. The molecule has 24 heavy (non-hydrogen) atoms. The van der Waals surface area contributed by atoms with Gasteiger partial charge in [0.1, 0.15) is 6.23 Å². The minimum absolute atomic E-state index is 0.0392. The van der Waals surface area contributed by atoms with Crippen LogP contribution in [-0.4, -0.2) is 57.5 Å². The molecule has 5 heterocycles. The highest BCUT2D eigenvalue weighted by Crippen LogP contribution is 2.70. The number of hydrogen-bond donors (Lipinski definition) is 2. The van der Waals surface area contributed by atoms with Gasteiger partial charge in [-0.05, 0) is 49.7 Å². The number of hydrogen-bond acceptors (Lipinski definition) is 4. The lowest BCUT2D eigenvalue weighted by atomic mass is 9.62. The van der Waals surface area contributed by atoms with E-state index in [2.05, 4.69) is 35.9 Å². The van der Waals surface area contributed by atoms with Gasteiger partial charge in [0.15, 0.2) is 0 Å². The standard InChI is InChI=1S/C20H28N2O2/c1-3-10-11-8-14-17-20(12-6-4-5-7-13(12)21(17)2)9-15(16(11)18(20)23)22(14)19(10)24/h5,7,10-11,14-19,23-24H,3-4,6,8-9H2,1-2H3/t10?,11?,14-,15-,16?,17-,18-,19?,20+/m0/s1. The van der Waals surface area contributed by atoms with Crippen molar-refractivity contribution in [2.24, 2.45) is 23.2 Å². The molecule has 5 bridgehead atoms. The van der Waals surface area contributed by atoms with E-state index in [-0.39, 0.29) is 17.7 Å². The van der Waals surface area contributed by atoms with Crippen molar-refractivity contribution in [2.75, 3.05) is 7.05 Å². The van der Waals surface area contributed by atoms with Crippen LogP contribution in [-0.2, 0) is 0 Å². The van der Waals surface area contributed by atoms with Gasteiger partial charge in [-0.1, -0.05) is 13.0 Å². The fourth-order valence-corrected chi connectivity index (χ4v) is 8.21. The summed E-state index contributed by atoms with van der Waals surface area (Å²) in [6.45, 7) is 2.20. The van der Waals surface area contributed by atoms with E-state index in [9.17, 15) is 10.2 Å². The maximum absolute atomic E-state index is 11.6. The highest BCUT2D eigenvalue weighted by atomic mass is 16.3. The largest absolute Gasteiger partial charge is 0.392 e. The van der Waals surface area contributed by atoms with Gasteiger partial charge in [0.25, 0.3) is 0 Å². The fraction of sp³-hybridized carbons (Fsp3) is 0.800. The zero-order chi connectivity index (χ0) is 16.4. The average Bonchev–Trinajstić information content (AvgIpc) is 2.97. The Labute approximate surface area is 143 Å². The molecule has 0 aromatic rings. The molecule has 5 fully saturated rings. The van der Waals surface area contributed by atoms with Gasteiger partial charge in [0.05, 0.1) is 12.1 Å². The van der Waals surface area contributed by atoms with Gasteiger partial charge < -0.3 is 15.1 Å². The molecule has 1 spiro atoms. The number of piperidine rings is 4. The maximum Gasteiger partial charge on any atom is 0.111 e. The van der Waals surface area contributed by atoms with E-state index in [1.807, 2.05) is 0 Å². The third kappa shape index (κ3) is 1.24. The van der Waals surface area contributed by atoms with E-state index < -0.39 is 0 Å². The smallest absolute Gasteiger partial charge is 0.111 e. The second kappa shape index (κ2) is 4.28. The summed E-state index contributed by atoms with van der Waals surface area (Å²) in [7, 11) is 2.22. The summed E-state index contributed by atoms with van der Waals surface area (Å²) in [6.07, 6.45) is 9.51. The average molecular weight is 328 g/mol. The van der Waals surface area contributed by atoms with E-state index in [4.69, 9.17) is 0 Å². The van der Waals surface area contributed by atoms with Gasteiger partial charge in [-0.2, -0.15) is 0 Å². The molecular weight excluding hydrogens is 300 g/mol. The van der Waals surface area contributed by atoms with Gasteiger partial charge in [-0.3, -0.25) is 4.90 Å². The van der Waals surface area contributed by atoms with Crippen molar-refractivity contribution in [3.05, 3.63) is 23.4 Å². The summed E-state index contributed by atoms with van der Waals surface area (Å²) in [4.78, 5) is 4.91. The molecular formula is C20H28N2O2. The van der Waals surface area contributed by atoms with Crippen molar-refractivity contribution in [1.29, 1.82) is 0 Å². The van der Waals surface area contributed by atoms with Crippen LogP contribution in [0, 0.1) is 23.2 Å². The topological polar surface area (TPSA) is 46.9 Å². The molecule has 0 aromatic heterocycles. The number of aliphatic hydroxyl groups excluding tert-OH is 2. The maximum atomic E-state index is 11.6. The van der Waals surface area contributed by atoms with Crippen molar-refractivity contribution in [1.82, 2.24) is 9.80 Å². The molecule has 1 saturated carbocycles. The third-order valence-corrected chi connectivity index (χ3v) is 8.76. The predicted molar refractivity (Wildman–Crippen MR) is 90.8 cm³/mol. The number of fused-ring (bicyclic) bond motifs is 1. The molecule has 0 radical (unpaired) electrons. The molecule has 4 saturated heterocycles. The van der Waals surface area contributed by atoms with Gasteiger partial charge >= 0.3 is 0 Å². The Morgan fingerprint density at radius 3 is 2.92 bits per heavy atom. The molecule has 5 aliphatic heterocycles. The second-order valence-electron chi connectivity index (χ2n) is 9.09. The Morgan fingerprint density at radius 1 is 1.29 bits per heavy atom. The van der Waals surface area contributed by atoms with Crippen LogP contribution in [0.25, 0.3) is 0 Å². The van der Waals surface area contributed by atoms with Crippen LogP contribution in [0.1, 0.15) is 39.0 Å². The highest BCUT2D eigenvalue weighted by molar-refractivity contribution is 5.46. The first kappa shape index (κ1) is 14.3. The number of likely N-dealkylation sites (N-methyl/N-ethyl adjacent to an activating group) is 1. The molecule has 4 nitrogen and oxygen atoms in total. The summed E-state index contributed by atoms with van der Waals surface area (Å²) in [5.41, 5.74) is 2.87. The predicted octanol–water partition coefficient (Wildman–Crippen LogP) is 1.70. The molecule has 0 aromatic carbocycles. The molecule has 10 atom stereocenters. The van der Waals surface area contributed by atoms with Gasteiger partial charge in [0.2, 0.25) is 0 Å². The Kier molecular flexibility index (Phi) is 2.56. The molecule has 5 unspecified atom stereocenters. The molecule has 7 aliphatic rings. The summed E-state index contributed by atoms with van der Waals surface area (Å²) in [6, 6.07) is 1.15. The lowest BCUT2D eigenvalue weighted by molar-refractivity contribution is -0.218. The van der Waals surface area contributed by atoms with Crippen LogP contribution in [0.3, 0.4) is 0 Å². The third-order valence-electron chi connectivity index (χ3n) is 8.76. The van der Waals surface area contributed by atoms with E-state index in [1.165, 1.54) is 11.3 Å². The quantitative estimate of drug-likeness (QED) is 0.769. The molecule has 4 heteroatoms. The van der Waals surface area contributed by atoms with Crippen LogP contribution in [0.2, 0.25) is 0 Å². The molecule has 0 amide bonds. The highest BCUT2D eigenvalue weighted by Gasteiger charge is 2.76. The van der Waals surface area contributed by atoms with Gasteiger partial charge in [0, 0.05) is 42.1 Å². The van der Waals surface area contributed by atoms with Crippen molar-refractivity contribution in [2.45, 2.75) is 69.5 Å². The second-order valence-corrected chi connectivity index (χ2v) is 9.09. The van der Waals surface area contributed by atoms with Crippen molar-refractivity contribution < 1.29 is 10.2 Å². The number of allylic oxidation sites excluding steroid dienone is 2. The zero-order valence-corrected chi connectivity index (χ0v) is 14.6.